The Morgan fingerprint density at radius 1 is 1.25 bits per heavy atom. The molecule has 20 heavy (non-hydrogen) atoms. The van der Waals surface area contributed by atoms with Crippen molar-refractivity contribution in [3.05, 3.63) is 0 Å². The fourth-order valence-electron chi connectivity index (χ4n) is 2.59. The lowest BCUT2D eigenvalue weighted by Crippen LogP contribution is -2.37. The summed E-state index contributed by atoms with van der Waals surface area (Å²) < 4.78 is 0. The molecule has 1 fully saturated rings. The van der Waals surface area contributed by atoms with Crippen LogP contribution >= 0.6 is 12.2 Å². The molecule has 1 amide bonds. The SMILES string of the molecule is CC(C)C(=O)N(CCCCN1CCCC1)CCC(N)=S. The van der Waals surface area contributed by atoms with Crippen LogP contribution in [0, 0.1) is 5.92 Å². The van der Waals surface area contributed by atoms with Crippen molar-refractivity contribution in [2.45, 2.75) is 46.0 Å². The maximum absolute atomic E-state index is 12.1. The highest BCUT2D eigenvalue weighted by atomic mass is 32.1. The molecule has 1 aliphatic heterocycles. The Kier molecular flexibility index (Phi) is 8.07. The number of hydrogen-bond donors (Lipinski definition) is 1. The van der Waals surface area contributed by atoms with E-state index in [-0.39, 0.29) is 11.8 Å². The number of nitrogens with two attached hydrogens (primary N) is 1. The molecule has 4 nitrogen and oxygen atoms in total. The van der Waals surface area contributed by atoms with Gasteiger partial charge >= 0.3 is 0 Å². The van der Waals surface area contributed by atoms with Crippen molar-refractivity contribution in [2.24, 2.45) is 11.7 Å². The molecule has 1 heterocycles. The number of unbranched alkanes of at least 4 members (excludes halogenated alkanes) is 1. The van der Waals surface area contributed by atoms with E-state index in [0.717, 1.165) is 19.4 Å². The van der Waals surface area contributed by atoms with E-state index in [1.54, 1.807) is 0 Å². The Hall–Kier alpha value is -0.680. The van der Waals surface area contributed by atoms with E-state index in [2.05, 4.69) is 4.90 Å². The van der Waals surface area contributed by atoms with Crippen LogP contribution in [0.2, 0.25) is 0 Å². The van der Waals surface area contributed by atoms with Crippen molar-refractivity contribution in [2.75, 3.05) is 32.7 Å². The molecule has 5 heteroatoms. The molecular weight excluding hydrogens is 270 g/mol. The Morgan fingerprint density at radius 3 is 2.45 bits per heavy atom. The molecule has 0 unspecified atom stereocenters. The highest BCUT2D eigenvalue weighted by molar-refractivity contribution is 7.80. The Bertz CT molecular complexity index is 314. The number of amides is 1. The first kappa shape index (κ1) is 17.4. The van der Waals surface area contributed by atoms with Crippen LogP contribution in [-0.4, -0.2) is 53.4 Å². The van der Waals surface area contributed by atoms with Gasteiger partial charge in [0, 0.05) is 25.4 Å². The predicted octanol–water partition coefficient (Wildman–Crippen LogP) is 2.02. The monoisotopic (exact) mass is 299 g/mol. The molecule has 0 aromatic rings. The van der Waals surface area contributed by atoms with E-state index >= 15 is 0 Å². The lowest BCUT2D eigenvalue weighted by Gasteiger charge is -2.25. The molecule has 1 saturated heterocycles. The molecule has 0 aliphatic carbocycles. The maximum atomic E-state index is 12.1. The number of carbonyl (C=O) groups is 1. The summed E-state index contributed by atoms with van der Waals surface area (Å²) in [6.07, 6.45) is 5.53. The van der Waals surface area contributed by atoms with Gasteiger partial charge in [0.05, 0.1) is 4.99 Å². The first-order chi connectivity index (χ1) is 9.50. The summed E-state index contributed by atoms with van der Waals surface area (Å²) in [5, 5.41) is 0. The largest absolute Gasteiger partial charge is 0.393 e. The molecule has 0 aromatic carbocycles. The summed E-state index contributed by atoms with van der Waals surface area (Å²) in [7, 11) is 0. The fraction of sp³-hybridized carbons (Fsp3) is 0.867. The minimum atomic E-state index is 0.0416. The van der Waals surface area contributed by atoms with Gasteiger partial charge in [-0.25, -0.2) is 0 Å². The average molecular weight is 299 g/mol. The molecule has 0 radical (unpaired) electrons. The minimum Gasteiger partial charge on any atom is -0.393 e. The van der Waals surface area contributed by atoms with Crippen LogP contribution in [0.1, 0.15) is 46.0 Å². The quantitative estimate of drug-likeness (QED) is 0.523. The molecule has 0 aromatic heterocycles. The van der Waals surface area contributed by atoms with Gasteiger partial charge in [0.25, 0.3) is 0 Å². The maximum Gasteiger partial charge on any atom is 0.225 e. The number of rotatable bonds is 9. The molecular formula is C15H29N3OS. The molecule has 2 N–H and O–H groups in total. The van der Waals surface area contributed by atoms with Gasteiger partial charge in [0.2, 0.25) is 5.91 Å². The summed E-state index contributed by atoms with van der Waals surface area (Å²) in [6.45, 7) is 9.04. The standard InChI is InChI=1S/C15H29N3OS/c1-13(2)15(19)18(12-7-14(16)20)11-6-5-10-17-8-3-4-9-17/h13H,3-12H2,1-2H3,(H2,16,20). The van der Waals surface area contributed by atoms with E-state index in [4.69, 9.17) is 18.0 Å². The van der Waals surface area contributed by atoms with Gasteiger partial charge < -0.3 is 15.5 Å². The highest BCUT2D eigenvalue weighted by Crippen LogP contribution is 2.10. The van der Waals surface area contributed by atoms with Crippen molar-refractivity contribution in [1.29, 1.82) is 0 Å². The zero-order valence-electron chi connectivity index (χ0n) is 12.9. The van der Waals surface area contributed by atoms with Crippen LogP contribution in [0.25, 0.3) is 0 Å². The van der Waals surface area contributed by atoms with E-state index in [0.29, 0.717) is 18.0 Å². The zero-order valence-corrected chi connectivity index (χ0v) is 13.8. The summed E-state index contributed by atoms with van der Waals surface area (Å²) in [4.78, 5) is 17.1. The molecule has 1 rings (SSSR count). The van der Waals surface area contributed by atoms with Crippen LogP contribution in [0.5, 0.6) is 0 Å². The molecule has 0 spiro atoms. The second-order valence-corrected chi connectivity index (χ2v) is 6.48. The van der Waals surface area contributed by atoms with Gasteiger partial charge in [-0.1, -0.05) is 26.1 Å². The van der Waals surface area contributed by atoms with Crippen molar-refractivity contribution in [3.63, 3.8) is 0 Å². The minimum absolute atomic E-state index is 0.0416. The van der Waals surface area contributed by atoms with Crippen molar-refractivity contribution in [3.8, 4) is 0 Å². The van der Waals surface area contributed by atoms with Gasteiger partial charge in [-0.05, 0) is 45.3 Å². The van der Waals surface area contributed by atoms with E-state index < -0.39 is 0 Å². The third-order valence-corrected chi connectivity index (χ3v) is 3.99. The van der Waals surface area contributed by atoms with Crippen molar-refractivity contribution < 1.29 is 4.79 Å². The Morgan fingerprint density at radius 2 is 1.90 bits per heavy atom. The number of nitrogens with zero attached hydrogens (tertiary/aromatic N) is 2. The van der Waals surface area contributed by atoms with Gasteiger partial charge in [-0.3, -0.25) is 4.79 Å². The molecule has 1 aliphatic rings. The molecule has 116 valence electrons. The lowest BCUT2D eigenvalue weighted by atomic mass is 10.1. The second kappa shape index (κ2) is 9.29. The van der Waals surface area contributed by atoms with Gasteiger partial charge in [-0.15, -0.1) is 0 Å². The summed E-state index contributed by atoms with van der Waals surface area (Å²) in [5.74, 6) is 0.252. The lowest BCUT2D eigenvalue weighted by molar-refractivity contribution is -0.134. The van der Waals surface area contributed by atoms with Crippen LogP contribution in [0.3, 0.4) is 0 Å². The number of thiocarbonyl (C=S) groups is 1. The molecule has 0 bridgehead atoms. The first-order valence-corrected chi connectivity index (χ1v) is 8.21. The van der Waals surface area contributed by atoms with Crippen molar-refractivity contribution >= 4 is 23.1 Å². The Labute approximate surface area is 128 Å². The second-order valence-electron chi connectivity index (χ2n) is 5.95. The smallest absolute Gasteiger partial charge is 0.225 e. The third-order valence-electron chi connectivity index (χ3n) is 3.78. The van der Waals surface area contributed by atoms with E-state index in [9.17, 15) is 4.79 Å². The van der Waals surface area contributed by atoms with Crippen LogP contribution in [0.4, 0.5) is 0 Å². The van der Waals surface area contributed by atoms with E-state index in [1.165, 1.54) is 32.5 Å². The predicted molar refractivity (Wildman–Crippen MR) is 87.7 cm³/mol. The number of hydrogen-bond acceptors (Lipinski definition) is 3. The van der Waals surface area contributed by atoms with Gasteiger partial charge in [0.15, 0.2) is 0 Å². The summed E-state index contributed by atoms with van der Waals surface area (Å²) in [6, 6.07) is 0. The van der Waals surface area contributed by atoms with Crippen LogP contribution < -0.4 is 5.73 Å². The van der Waals surface area contributed by atoms with Gasteiger partial charge in [-0.2, -0.15) is 0 Å². The van der Waals surface area contributed by atoms with Gasteiger partial charge in [0.1, 0.15) is 0 Å². The number of carbonyl (C=O) groups excluding carboxylic acids is 1. The van der Waals surface area contributed by atoms with Crippen LogP contribution in [0.15, 0.2) is 0 Å². The first-order valence-electron chi connectivity index (χ1n) is 7.80. The Balaban J connectivity index is 2.27. The topological polar surface area (TPSA) is 49.6 Å². The van der Waals surface area contributed by atoms with Crippen molar-refractivity contribution in [1.82, 2.24) is 9.80 Å². The fourth-order valence-corrected chi connectivity index (χ4v) is 2.68. The van der Waals surface area contributed by atoms with E-state index in [1.807, 2.05) is 18.7 Å². The summed E-state index contributed by atoms with van der Waals surface area (Å²) >= 11 is 4.91. The third kappa shape index (κ3) is 6.66. The average Bonchev–Trinajstić information content (AvgIpc) is 2.89. The molecule has 0 saturated carbocycles. The normalized spacial score (nSPS) is 15.8. The van der Waals surface area contributed by atoms with Crippen LogP contribution in [-0.2, 0) is 4.79 Å². The molecule has 0 atom stereocenters. The highest BCUT2D eigenvalue weighted by Gasteiger charge is 2.17. The zero-order chi connectivity index (χ0) is 15.0. The number of likely N-dealkylation sites (tertiary alicyclic amines) is 1. The summed E-state index contributed by atoms with van der Waals surface area (Å²) in [5.41, 5.74) is 5.54.